The highest BCUT2D eigenvalue weighted by Crippen LogP contribution is 2.16. The summed E-state index contributed by atoms with van der Waals surface area (Å²) >= 11 is 0. The average molecular weight is 326 g/mol. The van der Waals surface area contributed by atoms with E-state index in [2.05, 4.69) is 5.32 Å². The van der Waals surface area contributed by atoms with Gasteiger partial charge in [-0.05, 0) is 31.5 Å². The molecule has 0 radical (unpaired) electrons. The zero-order valence-electron chi connectivity index (χ0n) is 13.9. The quantitative estimate of drug-likeness (QED) is 0.885. The summed E-state index contributed by atoms with van der Waals surface area (Å²) in [7, 11) is 0. The molecule has 0 aromatic heterocycles. The summed E-state index contributed by atoms with van der Waals surface area (Å²) in [6, 6.07) is 18.7. The lowest BCUT2D eigenvalue weighted by atomic mass is 10.2. The Morgan fingerprint density at radius 2 is 1.58 bits per heavy atom. The molecule has 0 spiro atoms. The van der Waals surface area contributed by atoms with Crippen LogP contribution in [0.5, 0.6) is 0 Å². The summed E-state index contributed by atoms with van der Waals surface area (Å²) in [6.07, 6.45) is -0.607. The Morgan fingerprint density at radius 3 is 2.17 bits per heavy atom. The molecule has 2 aromatic rings. The van der Waals surface area contributed by atoms with Crippen LogP contribution < -0.4 is 10.2 Å². The number of hydrogen-bond acceptors (Lipinski definition) is 3. The summed E-state index contributed by atoms with van der Waals surface area (Å²) in [6.45, 7) is 3.92. The fourth-order valence-corrected chi connectivity index (χ4v) is 2.33. The van der Waals surface area contributed by atoms with Gasteiger partial charge in [0.2, 0.25) is 5.91 Å². The first-order valence-electron chi connectivity index (χ1n) is 7.89. The third-order valence-corrected chi connectivity index (χ3v) is 3.42. The third kappa shape index (κ3) is 5.12. The van der Waals surface area contributed by atoms with Crippen LogP contribution in [0, 0.1) is 0 Å². The number of amides is 2. The molecule has 0 saturated carbocycles. The van der Waals surface area contributed by atoms with E-state index in [9.17, 15) is 9.59 Å². The van der Waals surface area contributed by atoms with Crippen molar-refractivity contribution in [3.8, 4) is 0 Å². The highest BCUT2D eigenvalue weighted by molar-refractivity contribution is 5.96. The number of carbonyl (C=O) groups is 2. The van der Waals surface area contributed by atoms with Gasteiger partial charge in [-0.25, -0.2) is 4.79 Å². The maximum absolute atomic E-state index is 12.4. The van der Waals surface area contributed by atoms with Gasteiger partial charge in [-0.15, -0.1) is 0 Å². The summed E-state index contributed by atoms with van der Waals surface area (Å²) in [5.74, 6) is -0.187. The van der Waals surface area contributed by atoms with Gasteiger partial charge in [0.05, 0.1) is 0 Å². The van der Waals surface area contributed by atoms with Gasteiger partial charge in [-0.1, -0.05) is 48.5 Å². The van der Waals surface area contributed by atoms with E-state index in [4.69, 9.17) is 4.74 Å². The van der Waals surface area contributed by atoms with Crippen molar-refractivity contribution in [1.82, 2.24) is 5.32 Å². The number of para-hydroxylation sites is 1. The largest absolute Gasteiger partial charge is 0.445 e. The van der Waals surface area contributed by atoms with E-state index in [1.165, 1.54) is 0 Å². The van der Waals surface area contributed by atoms with E-state index in [1.807, 2.05) is 74.5 Å². The second-order valence-corrected chi connectivity index (χ2v) is 5.61. The van der Waals surface area contributed by atoms with Crippen molar-refractivity contribution < 1.29 is 14.3 Å². The van der Waals surface area contributed by atoms with E-state index in [0.717, 1.165) is 11.3 Å². The van der Waals surface area contributed by atoms with Gasteiger partial charge in [0.15, 0.2) is 0 Å². The monoisotopic (exact) mass is 326 g/mol. The number of nitrogens with zero attached hydrogens (tertiary/aromatic N) is 1. The van der Waals surface area contributed by atoms with E-state index < -0.39 is 6.09 Å². The first kappa shape index (κ1) is 17.5. The fraction of sp³-hybridized carbons (Fsp3) is 0.263. The number of nitrogens with one attached hydrogen (secondary N) is 1. The molecule has 1 N–H and O–H groups in total. The lowest BCUT2D eigenvalue weighted by Gasteiger charge is -2.27. The molecule has 2 aromatic carbocycles. The van der Waals surface area contributed by atoms with Crippen LogP contribution in [0.4, 0.5) is 10.5 Å². The van der Waals surface area contributed by atoms with Crippen LogP contribution in [0.25, 0.3) is 0 Å². The molecule has 0 heterocycles. The fourth-order valence-electron chi connectivity index (χ4n) is 2.33. The first-order valence-corrected chi connectivity index (χ1v) is 7.89. The Morgan fingerprint density at radius 1 is 1.00 bits per heavy atom. The molecule has 0 unspecified atom stereocenters. The van der Waals surface area contributed by atoms with Crippen molar-refractivity contribution in [2.24, 2.45) is 0 Å². The molecule has 2 rings (SSSR count). The van der Waals surface area contributed by atoms with Gasteiger partial charge >= 0.3 is 6.09 Å². The van der Waals surface area contributed by atoms with Crippen LogP contribution in [-0.4, -0.2) is 24.6 Å². The Labute approximate surface area is 142 Å². The van der Waals surface area contributed by atoms with Crippen LogP contribution in [0.3, 0.4) is 0 Å². The number of carbonyl (C=O) groups excluding carboxylic acids is 2. The van der Waals surface area contributed by atoms with Gasteiger partial charge in [0.1, 0.15) is 13.2 Å². The molecule has 0 aliphatic carbocycles. The van der Waals surface area contributed by atoms with Gasteiger partial charge in [0, 0.05) is 11.7 Å². The van der Waals surface area contributed by atoms with Crippen molar-refractivity contribution in [2.75, 3.05) is 11.4 Å². The normalized spacial score (nSPS) is 10.3. The van der Waals surface area contributed by atoms with E-state index in [-0.39, 0.29) is 25.1 Å². The number of rotatable bonds is 6. The molecular weight excluding hydrogens is 304 g/mol. The predicted octanol–water partition coefficient (Wildman–Crippen LogP) is 3.35. The second kappa shape index (κ2) is 8.72. The SMILES string of the molecule is CC(C)N(C(=O)CNC(=O)OCc1ccccc1)c1ccccc1. The third-order valence-electron chi connectivity index (χ3n) is 3.42. The molecule has 126 valence electrons. The van der Waals surface area contributed by atoms with Gasteiger partial charge < -0.3 is 15.0 Å². The predicted molar refractivity (Wildman–Crippen MR) is 93.7 cm³/mol. The van der Waals surface area contributed by atoms with Gasteiger partial charge in [-0.2, -0.15) is 0 Å². The number of hydrogen-bond donors (Lipinski definition) is 1. The van der Waals surface area contributed by atoms with Gasteiger partial charge in [-0.3, -0.25) is 4.79 Å². The summed E-state index contributed by atoms with van der Waals surface area (Å²) in [4.78, 5) is 25.8. The molecule has 0 aliphatic rings. The highest BCUT2D eigenvalue weighted by Gasteiger charge is 2.19. The van der Waals surface area contributed by atoms with Crippen LogP contribution in [0.1, 0.15) is 19.4 Å². The maximum Gasteiger partial charge on any atom is 0.407 e. The van der Waals surface area contributed by atoms with E-state index in [0.29, 0.717) is 0 Å². The smallest absolute Gasteiger partial charge is 0.407 e. The standard InChI is InChI=1S/C19H22N2O3/c1-15(2)21(17-11-7-4-8-12-17)18(22)13-20-19(23)24-14-16-9-5-3-6-10-16/h3-12,15H,13-14H2,1-2H3,(H,20,23). The number of anilines is 1. The molecule has 0 atom stereocenters. The Kier molecular flexibility index (Phi) is 6.37. The van der Waals surface area contributed by atoms with Crippen molar-refractivity contribution in [2.45, 2.75) is 26.5 Å². The molecule has 5 nitrogen and oxygen atoms in total. The Balaban J connectivity index is 1.85. The maximum atomic E-state index is 12.4. The number of ether oxygens (including phenoxy) is 1. The highest BCUT2D eigenvalue weighted by atomic mass is 16.5. The second-order valence-electron chi connectivity index (χ2n) is 5.61. The van der Waals surface area contributed by atoms with Crippen LogP contribution in [-0.2, 0) is 16.1 Å². The van der Waals surface area contributed by atoms with Crippen LogP contribution in [0.2, 0.25) is 0 Å². The first-order chi connectivity index (χ1) is 11.6. The van der Waals surface area contributed by atoms with Gasteiger partial charge in [0.25, 0.3) is 0 Å². The molecule has 2 amide bonds. The van der Waals surface area contributed by atoms with Crippen LogP contribution >= 0.6 is 0 Å². The average Bonchev–Trinajstić information content (AvgIpc) is 2.60. The Bertz CT molecular complexity index is 657. The zero-order valence-corrected chi connectivity index (χ0v) is 13.9. The molecule has 0 fully saturated rings. The van der Waals surface area contributed by atoms with Crippen molar-refractivity contribution >= 4 is 17.7 Å². The molecule has 0 bridgehead atoms. The van der Waals surface area contributed by atoms with Crippen LogP contribution in [0.15, 0.2) is 60.7 Å². The molecule has 5 heteroatoms. The lowest BCUT2D eigenvalue weighted by Crippen LogP contribution is -2.43. The molecule has 0 saturated heterocycles. The topological polar surface area (TPSA) is 58.6 Å². The molecule has 24 heavy (non-hydrogen) atoms. The Hall–Kier alpha value is -2.82. The molecule has 0 aliphatic heterocycles. The summed E-state index contributed by atoms with van der Waals surface area (Å²) < 4.78 is 5.10. The van der Waals surface area contributed by atoms with Crippen molar-refractivity contribution in [3.05, 3.63) is 66.2 Å². The minimum Gasteiger partial charge on any atom is -0.445 e. The lowest BCUT2D eigenvalue weighted by molar-refractivity contribution is -0.118. The number of alkyl carbamates (subject to hydrolysis) is 1. The minimum absolute atomic E-state index is 0.0120. The van der Waals surface area contributed by atoms with Crippen molar-refractivity contribution in [1.29, 1.82) is 0 Å². The summed E-state index contributed by atoms with van der Waals surface area (Å²) in [5, 5.41) is 2.51. The van der Waals surface area contributed by atoms with E-state index >= 15 is 0 Å². The summed E-state index contributed by atoms with van der Waals surface area (Å²) in [5.41, 5.74) is 1.70. The number of benzene rings is 2. The molecular formula is C19H22N2O3. The van der Waals surface area contributed by atoms with E-state index in [1.54, 1.807) is 4.90 Å². The van der Waals surface area contributed by atoms with Crippen molar-refractivity contribution in [3.63, 3.8) is 0 Å². The zero-order chi connectivity index (χ0) is 17.4. The minimum atomic E-state index is -0.607.